The first-order valence-corrected chi connectivity index (χ1v) is 19.2. The van der Waals surface area contributed by atoms with Gasteiger partial charge in [0.25, 0.3) is 0 Å². The van der Waals surface area contributed by atoms with E-state index >= 15 is 0 Å². The summed E-state index contributed by atoms with van der Waals surface area (Å²) in [5, 5.41) is 13.4. The van der Waals surface area contributed by atoms with Crippen molar-refractivity contribution in [3.63, 3.8) is 0 Å². The minimum Gasteiger partial charge on any atom is -0.309 e. The number of hydrogen-bond donors (Lipinski definition) is 0. The predicted molar refractivity (Wildman–Crippen MR) is 236 cm³/mol. The molecule has 1 heterocycles. The number of nitrogens with zero attached hydrogens (tertiary/aromatic N) is 3. The summed E-state index contributed by atoms with van der Waals surface area (Å²) in [5.74, 6) is 0. The van der Waals surface area contributed by atoms with Gasteiger partial charge in [-0.15, -0.1) is 0 Å². The summed E-state index contributed by atoms with van der Waals surface area (Å²) in [6.45, 7) is 13.3. The predicted octanol–water partition coefficient (Wildman–Crippen LogP) is 14.8. The van der Waals surface area contributed by atoms with Gasteiger partial charge in [-0.3, -0.25) is 0 Å². The molecule has 0 aliphatic rings. The molecule has 0 saturated heterocycles. The fourth-order valence-electron chi connectivity index (χ4n) is 7.35. The van der Waals surface area contributed by atoms with E-state index in [-0.39, 0.29) is 28.5 Å². The number of halogens is 1. The molecule has 7 aromatic carbocycles. The van der Waals surface area contributed by atoms with Gasteiger partial charge in [-0.2, -0.15) is 5.26 Å². The number of nitriles is 1. The Morgan fingerprint density at radius 3 is 1.78 bits per heavy atom. The van der Waals surface area contributed by atoms with E-state index in [1.54, 1.807) is 6.07 Å². The molecule has 0 saturated carbocycles. The van der Waals surface area contributed by atoms with Gasteiger partial charge in [0.05, 0.1) is 29.3 Å². The van der Waals surface area contributed by atoms with Gasteiger partial charge in [-0.25, -0.2) is 0 Å². The molecule has 0 N–H and O–H groups in total. The molecule has 8 rings (SSSR count). The topological polar surface area (TPSA) is 32.0 Å². The van der Waals surface area contributed by atoms with Gasteiger partial charge in [0.1, 0.15) is 11.6 Å². The molecule has 0 aliphatic carbocycles. The SMILES string of the molecule is [2H]c1c([2H])c([2H])c(-c2cccc(N(c3cc(Br)cc(-c4cc(C(C)(C)C)cc(C(C)(C)C)c4)c3)c3cccc(-n4c5ccccc5c5ccccc54)c3C#N)c2)c([2H])c1[2H]. The zero-order valence-electron chi connectivity index (χ0n) is 36.8. The Hall–Kier alpha value is -5.89. The number of hydrogen-bond acceptors (Lipinski definition) is 2. The number of fused-ring (bicyclic) bond motifs is 3. The van der Waals surface area contributed by atoms with Crippen LogP contribution < -0.4 is 4.90 Å². The summed E-state index contributed by atoms with van der Waals surface area (Å²) in [7, 11) is 0. The maximum absolute atomic E-state index is 11.3. The van der Waals surface area contributed by atoms with Crippen molar-refractivity contribution in [1.82, 2.24) is 4.57 Å². The number of para-hydroxylation sites is 2. The Balaban J connectivity index is 1.43. The van der Waals surface area contributed by atoms with Crippen LogP contribution in [0.25, 0.3) is 49.7 Å². The second-order valence-electron chi connectivity index (χ2n) is 16.0. The van der Waals surface area contributed by atoms with Crippen molar-refractivity contribution >= 4 is 54.8 Å². The fraction of sp³-hybridized carbons (Fsp3) is 0.157. The second kappa shape index (κ2) is 14.1. The molecular formula is C51H44BrN3. The third-order valence-corrected chi connectivity index (χ3v) is 10.7. The van der Waals surface area contributed by atoms with E-state index in [1.807, 2.05) is 71.6 Å². The van der Waals surface area contributed by atoms with Crippen molar-refractivity contribution < 1.29 is 6.85 Å². The van der Waals surface area contributed by atoms with Gasteiger partial charge in [-0.05, 0) is 98.8 Å². The van der Waals surface area contributed by atoms with Crippen molar-refractivity contribution in [1.29, 1.82) is 5.26 Å². The molecule has 0 radical (unpaired) electrons. The average molecular weight is 784 g/mol. The van der Waals surface area contributed by atoms with Crippen LogP contribution in [0.5, 0.6) is 0 Å². The third-order valence-electron chi connectivity index (χ3n) is 10.2. The van der Waals surface area contributed by atoms with Crippen LogP contribution in [0, 0.1) is 11.3 Å². The standard InChI is InChI=1S/C51H44BrN3/c1-50(2,3)38-26-36(27-39(31-38)51(4,5)6)37-28-40(52)32-42(30-37)54(41-19-14-18-35(29-41)34-16-8-7-9-17-34)48-24-15-25-49(45(48)33-53)55-46-22-12-10-20-43(46)44-21-11-13-23-47(44)55/h7-32H,1-6H3/i7D,8D,9D,16D,17D. The van der Waals surface area contributed by atoms with Crippen LogP contribution in [0.4, 0.5) is 17.1 Å². The number of rotatable bonds is 6. The monoisotopic (exact) mass is 782 g/mol. The number of anilines is 3. The van der Waals surface area contributed by atoms with E-state index in [0.29, 0.717) is 28.2 Å². The molecule has 0 aliphatic heterocycles. The van der Waals surface area contributed by atoms with E-state index < -0.39 is 18.1 Å². The van der Waals surface area contributed by atoms with Crippen molar-refractivity contribution in [3.05, 3.63) is 179 Å². The molecule has 0 spiro atoms. The highest BCUT2D eigenvalue weighted by Crippen LogP contribution is 2.44. The average Bonchev–Trinajstić information content (AvgIpc) is 3.56. The summed E-state index contributed by atoms with van der Waals surface area (Å²) >= 11 is 3.86. The van der Waals surface area contributed by atoms with E-state index in [0.717, 1.165) is 43.1 Å². The highest BCUT2D eigenvalue weighted by molar-refractivity contribution is 9.10. The zero-order chi connectivity index (χ0) is 42.8. The van der Waals surface area contributed by atoms with Gasteiger partial charge < -0.3 is 9.47 Å². The first kappa shape index (κ1) is 30.4. The Morgan fingerprint density at radius 1 is 0.582 bits per heavy atom. The first-order chi connectivity index (χ1) is 28.5. The van der Waals surface area contributed by atoms with Crippen LogP contribution in [0.3, 0.4) is 0 Å². The molecule has 0 bridgehead atoms. The van der Waals surface area contributed by atoms with Crippen LogP contribution in [0.1, 0.15) is 65.1 Å². The fourth-order valence-corrected chi connectivity index (χ4v) is 7.83. The molecular weight excluding hydrogens is 734 g/mol. The molecule has 1 aromatic heterocycles. The van der Waals surface area contributed by atoms with Crippen LogP contribution in [-0.4, -0.2) is 4.57 Å². The Morgan fingerprint density at radius 2 is 1.16 bits per heavy atom. The van der Waals surface area contributed by atoms with Gasteiger partial charge >= 0.3 is 0 Å². The minimum atomic E-state index is -0.445. The molecule has 3 nitrogen and oxygen atoms in total. The first-order valence-electron chi connectivity index (χ1n) is 20.9. The summed E-state index contributed by atoms with van der Waals surface area (Å²) in [4.78, 5) is 2.03. The normalized spacial score (nSPS) is 13.2. The highest BCUT2D eigenvalue weighted by atomic mass is 79.9. The summed E-state index contributed by atoms with van der Waals surface area (Å²) in [6, 6.07) is 43.5. The third kappa shape index (κ3) is 6.86. The number of benzene rings is 7. The van der Waals surface area contributed by atoms with Crippen molar-refractivity contribution in [3.8, 4) is 34.0 Å². The van der Waals surface area contributed by atoms with Crippen LogP contribution in [0.2, 0.25) is 0 Å². The van der Waals surface area contributed by atoms with E-state index in [1.165, 1.54) is 11.1 Å². The molecule has 55 heavy (non-hydrogen) atoms. The molecule has 0 atom stereocenters. The highest BCUT2D eigenvalue weighted by Gasteiger charge is 2.25. The van der Waals surface area contributed by atoms with Crippen LogP contribution >= 0.6 is 15.9 Å². The van der Waals surface area contributed by atoms with Crippen molar-refractivity contribution in [2.75, 3.05) is 4.90 Å². The van der Waals surface area contributed by atoms with Crippen molar-refractivity contribution in [2.45, 2.75) is 52.4 Å². The van der Waals surface area contributed by atoms with Crippen LogP contribution in [0.15, 0.2) is 162 Å². The Bertz CT molecular complexity index is 2940. The van der Waals surface area contributed by atoms with E-state index in [2.05, 4.69) is 123 Å². The lowest BCUT2D eigenvalue weighted by molar-refractivity contribution is 0.569. The second-order valence-corrected chi connectivity index (χ2v) is 17.0. The van der Waals surface area contributed by atoms with E-state index in [4.69, 9.17) is 6.85 Å². The van der Waals surface area contributed by atoms with Crippen molar-refractivity contribution in [2.24, 2.45) is 0 Å². The molecule has 0 unspecified atom stereocenters. The minimum absolute atomic E-state index is 0.102. The maximum Gasteiger partial charge on any atom is 0.104 e. The lowest BCUT2D eigenvalue weighted by Crippen LogP contribution is -2.16. The molecule has 4 heteroatoms. The lowest BCUT2D eigenvalue weighted by atomic mass is 9.79. The van der Waals surface area contributed by atoms with Gasteiger partial charge in [0.15, 0.2) is 0 Å². The smallest absolute Gasteiger partial charge is 0.104 e. The molecule has 8 aromatic rings. The van der Waals surface area contributed by atoms with Gasteiger partial charge in [0, 0.05) is 26.6 Å². The maximum atomic E-state index is 11.3. The lowest BCUT2D eigenvalue weighted by Gasteiger charge is -2.29. The summed E-state index contributed by atoms with van der Waals surface area (Å²) in [6.07, 6.45) is 0. The molecule has 0 amide bonds. The van der Waals surface area contributed by atoms with E-state index in [9.17, 15) is 5.26 Å². The number of aromatic nitrogens is 1. The zero-order valence-corrected chi connectivity index (χ0v) is 33.4. The molecule has 270 valence electrons. The molecule has 0 fully saturated rings. The van der Waals surface area contributed by atoms with Gasteiger partial charge in [0.2, 0.25) is 0 Å². The summed E-state index contributed by atoms with van der Waals surface area (Å²) in [5.41, 5.74) is 9.92. The van der Waals surface area contributed by atoms with Crippen LogP contribution in [-0.2, 0) is 10.8 Å². The quantitative estimate of drug-likeness (QED) is 0.168. The Labute approximate surface area is 340 Å². The largest absolute Gasteiger partial charge is 0.309 e. The Kier molecular flexibility index (Phi) is 7.79. The summed E-state index contributed by atoms with van der Waals surface area (Å²) < 4.78 is 45.7. The van der Waals surface area contributed by atoms with Gasteiger partial charge in [-0.1, -0.05) is 160 Å².